The van der Waals surface area contributed by atoms with Gasteiger partial charge in [-0.3, -0.25) is 0 Å². The van der Waals surface area contributed by atoms with Gasteiger partial charge in [0.05, 0.1) is 0 Å². The van der Waals surface area contributed by atoms with Crippen molar-refractivity contribution in [1.29, 1.82) is 0 Å². The van der Waals surface area contributed by atoms with Crippen LogP contribution >= 0.6 is 50.5 Å². The van der Waals surface area contributed by atoms with E-state index >= 15 is 0 Å². The Kier molecular flexibility index (Phi) is 16.1. The molecule has 0 rings (SSSR count). The molecule has 0 aliphatic carbocycles. The Balaban J connectivity index is 4.66. The molecule has 0 radical (unpaired) electrons. The third kappa shape index (κ3) is 13.9. The van der Waals surface area contributed by atoms with Crippen molar-refractivity contribution in [2.45, 2.75) is 64.6 Å². The average molecular weight is 614 g/mol. The maximum atomic E-state index is 4.67. The molecule has 6 unspecified atom stereocenters. The molecule has 0 aromatic heterocycles. The van der Waals surface area contributed by atoms with E-state index in [1.54, 1.807) is 0 Å². The monoisotopic (exact) mass is 618 g/mol. The van der Waals surface area contributed by atoms with Crippen LogP contribution in [0.2, 0.25) is 20.3 Å². The average Bonchev–Trinajstić information content (AvgIpc) is 2.28. The summed E-state index contributed by atoms with van der Waals surface area (Å²) in [6.07, 6.45) is 0. The minimum absolute atomic E-state index is 0.563. The van der Waals surface area contributed by atoms with Crippen LogP contribution in [0.5, 0.6) is 0 Å². The zero-order valence-electron chi connectivity index (χ0n) is 12.3. The van der Waals surface area contributed by atoms with Crippen LogP contribution in [0.4, 0.5) is 0 Å². The van der Waals surface area contributed by atoms with Crippen LogP contribution in [0.3, 0.4) is 0 Å². The molecule has 122 valence electrons. The van der Waals surface area contributed by atoms with Gasteiger partial charge in [0.25, 0.3) is 0 Å². The molecule has 0 amide bonds. The predicted octanol–water partition coefficient (Wildman–Crippen LogP) is 3.32. The van der Waals surface area contributed by atoms with E-state index in [-0.39, 0.29) is 0 Å². The second-order valence-electron chi connectivity index (χ2n) is 4.41. The summed E-state index contributed by atoms with van der Waals surface area (Å²) >= 11 is 21.1. The molecule has 6 atom stereocenters. The molecular formula is C12H26S4Se4. The molecule has 0 aliphatic heterocycles. The molecule has 0 bridgehead atoms. The van der Waals surface area contributed by atoms with Crippen molar-refractivity contribution in [2.24, 2.45) is 0 Å². The summed E-state index contributed by atoms with van der Waals surface area (Å²) in [4.78, 5) is 1.77. The summed E-state index contributed by atoms with van der Waals surface area (Å²) in [5, 5.41) is 2.76. The van der Waals surface area contributed by atoms with E-state index in [1.807, 2.05) is 0 Å². The van der Waals surface area contributed by atoms with Crippen molar-refractivity contribution >= 4 is 110 Å². The van der Waals surface area contributed by atoms with Crippen LogP contribution in [0.15, 0.2) is 0 Å². The SMILES string of the molecule is CC(S)[Se]CC([Se]C(C)S)C(C[Se]C(C)S)[Se]C(C)S. The van der Waals surface area contributed by atoms with Crippen molar-refractivity contribution in [1.82, 2.24) is 0 Å². The Morgan fingerprint density at radius 2 is 0.900 bits per heavy atom. The van der Waals surface area contributed by atoms with E-state index in [2.05, 4.69) is 78.2 Å². The molecule has 0 aliphatic rings. The number of rotatable bonds is 11. The van der Waals surface area contributed by atoms with Crippen molar-refractivity contribution in [3.63, 3.8) is 0 Å². The van der Waals surface area contributed by atoms with Crippen LogP contribution < -0.4 is 0 Å². The van der Waals surface area contributed by atoms with E-state index in [9.17, 15) is 0 Å². The quantitative estimate of drug-likeness (QED) is 0.200. The van der Waals surface area contributed by atoms with Crippen molar-refractivity contribution in [3.8, 4) is 0 Å². The van der Waals surface area contributed by atoms with Crippen molar-refractivity contribution < 1.29 is 0 Å². The molecule has 0 aromatic carbocycles. The van der Waals surface area contributed by atoms with Crippen LogP contribution in [0.25, 0.3) is 0 Å². The fraction of sp³-hybridized carbons (Fsp3) is 1.00. The summed E-state index contributed by atoms with van der Waals surface area (Å²) in [7, 11) is 0. The topological polar surface area (TPSA) is 0 Å². The van der Waals surface area contributed by atoms with Gasteiger partial charge < -0.3 is 0 Å². The van der Waals surface area contributed by atoms with Crippen LogP contribution in [-0.4, -0.2) is 76.4 Å². The Labute approximate surface area is 172 Å². The normalized spacial score (nSPS) is 21.0. The molecule has 0 saturated carbocycles. The van der Waals surface area contributed by atoms with Crippen molar-refractivity contribution in [2.75, 3.05) is 0 Å². The maximum absolute atomic E-state index is 4.67. The van der Waals surface area contributed by atoms with E-state index in [4.69, 9.17) is 0 Å². The Bertz CT molecular complexity index is 215. The third-order valence-electron chi connectivity index (χ3n) is 2.16. The number of thiol groups is 4. The van der Waals surface area contributed by atoms with Gasteiger partial charge >= 0.3 is 175 Å². The van der Waals surface area contributed by atoms with Gasteiger partial charge in [-0.15, -0.1) is 0 Å². The summed E-state index contributed by atoms with van der Waals surface area (Å²) in [5.74, 6) is 0. The molecule has 0 heterocycles. The molecule has 0 N–H and O–H groups in total. The standard InChI is InChI=1S/C12H26S4Se4/c1-7(13)17-5-11(19-9(3)15)12(20-10(4)16)6-18-8(2)14/h7-16H,5-6H2,1-4H3. The van der Waals surface area contributed by atoms with E-state index in [1.165, 1.54) is 10.6 Å². The van der Waals surface area contributed by atoms with Crippen LogP contribution in [0, 0.1) is 0 Å². The van der Waals surface area contributed by atoms with Gasteiger partial charge in [-0.25, -0.2) is 0 Å². The van der Waals surface area contributed by atoms with E-state index in [0.29, 0.717) is 76.4 Å². The first-order chi connectivity index (χ1) is 9.22. The van der Waals surface area contributed by atoms with E-state index in [0.717, 1.165) is 9.63 Å². The van der Waals surface area contributed by atoms with Gasteiger partial charge in [-0.1, -0.05) is 0 Å². The predicted molar refractivity (Wildman–Crippen MR) is 114 cm³/mol. The molecule has 0 aromatic rings. The molecule has 0 spiro atoms. The zero-order valence-corrected chi connectivity index (χ0v) is 22.7. The zero-order chi connectivity index (χ0) is 15.7. The summed E-state index contributed by atoms with van der Waals surface area (Å²) in [6, 6.07) is 0. The first kappa shape index (κ1) is 23.5. The molecule has 0 nitrogen and oxygen atoms in total. The van der Waals surface area contributed by atoms with E-state index < -0.39 is 0 Å². The fourth-order valence-corrected chi connectivity index (χ4v) is 16.6. The molecule has 0 saturated heterocycles. The van der Waals surface area contributed by atoms with Gasteiger partial charge in [-0.05, 0) is 0 Å². The minimum atomic E-state index is 0.563. The summed E-state index contributed by atoms with van der Waals surface area (Å²) in [6.45, 7) is 8.98. The Morgan fingerprint density at radius 3 is 1.10 bits per heavy atom. The molecule has 0 fully saturated rings. The third-order valence-corrected chi connectivity index (χ3v) is 17.5. The molecule has 20 heavy (non-hydrogen) atoms. The van der Waals surface area contributed by atoms with Gasteiger partial charge in [0.1, 0.15) is 0 Å². The van der Waals surface area contributed by atoms with Gasteiger partial charge in [-0.2, -0.15) is 0 Å². The Morgan fingerprint density at radius 1 is 0.600 bits per heavy atom. The second kappa shape index (κ2) is 13.7. The van der Waals surface area contributed by atoms with Gasteiger partial charge in [0.2, 0.25) is 0 Å². The first-order valence-corrected chi connectivity index (χ1v) is 16.9. The van der Waals surface area contributed by atoms with Crippen LogP contribution in [-0.2, 0) is 0 Å². The number of hydrogen-bond acceptors (Lipinski definition) is 4. The molecule has 8 heteroatoms. The van der Waals surface area contributed by atoms with Gasteiger partial charge in [0.15, 0.2) is 0 Å². The summed E-state index contributed by atoms with van der Waals surface area (Å²) in [5.41, 5.74) is 0. The summed E-state index contributed by atoms with van der Waals surface area (Å²) < 4.78 is 2.28. The second-order valence-corrected chi connectivity index (χ2v) is 23.1. The van der Waals surface area contributed by atoms with Gasteiger partial charge in [0, 0.05) is 0 Å². The van der Waals surface area contributed by atoms with Crippen LogP contribution in [0.1, 0.15) is 27.7 Å². The Hall–Kier alpha value is 3.48. The molecular weight excluding hydrogens is 588 g/mol. The number of hydrogen-bond donors (Lipinski definition) is 4. The fourth-order valence-electron chi connectivity index (χ4n) is 1.44. The van der Waals surface area contributed by atoms with Crippen molar-refractivity contribution in [3.05, 3.63) is 0 Å². The first-order valence-electron chi connectivity index (χ1n) is 6.48.